The SMILES string of the molecule is N#CC1(C(=O)O)C=CC=CC1c1ccccc1. The molecule has 2 atom stereocenters. The molecule has 17 heavy (non-hydrogen) atoms. The Morgan fingerprint density at radius 3 is 2.59 bits per heavy atom. The lowest BCUT2D eigenvalue weighted by atomic mass is 9.71. The largest absolute Gasteiger partial charge is 0.480 e. The van der Waals surface area contributed by atoms with Gasteiger partial charge in [0.05, 0.1) is 6.07 Å². The first kappa shape index (κ1) is 11.2. The van der Waals surface area contributed by atoms with Crippen LogP contribution in [0.1, 0.15) is 11.5 Å². The second-order valence-corrected chi connectivity index (χ2v) is 3.92. The number of aliphatic carboxylic acids is 1. The van der Waals surface area contributed by atoms with Crippen molar-refractivity contribution in [3.05, 3.63) is 60.2 Å². The summed E-state index contributed by atoms with van der Waals surface area (Å²) in [5.74, 6) is -1.56. The molecule has 3 nitrogen and oxygen atoms in total. The van der Waals surface area contributed by atoms with Gasteiger partial charge in [-0.25, -0.2) is 0 Å². The standard InChI is InChI=1S/C14H11NO2/c15-10-14(13(16)17)9-5-4-8-12(14)11-6-2-1-3-7-11/h1-9,12H,(H,16,17). The normalized spacial score (nSPS) is 26.4. The van der Waals surface area contributed by atoms with Crippen LogP contribution >= 0.6 is 0 Å². The van der Waals surface area contributed by atoms with Crippen LogP contribution in [-0.4, -0.2) is 11.1 Å². The Bertz CT molecular complexity index is 525. The highest BCUT2D eigenvalue weighted by Crippen LogP contribution is 2.40. The molecule has 2 rings (SSSR count). The van der Waals surface area contributed by atoms with Gasteiger partial charge < -0.3 is 5.11 Å². The molecule has 0 amide bonds. The van der Waals surface area contributed by atoms with E-state index < -0.39 is 17.3 Å². The van der Waals surface area contributed by atoms with Crippen LogP contribution in [-0.2, 0) is 4.79 Å². The molecule has 1 aliphatic rings. The molecule has 1 N–H and O–H groups in total. The van der Waals surface area contributed by atoms with Gasteiger partial charge in [-0.3, -0.25) is 4.79 Å². The zero-order valence-corrected chi connectivity index (χ0v) is 9.08. The van der Waals surface area contributed by atoms with E-state index in [4.69, 9.17) is 0 Å². The van der Waals surface area contributed by atoms with Crippen LogP contribution in [0.5, 0.6) is 0 Å². The van der Waals surface area contributed by atoms with Crippen molar-refractivity contribution in [2.45, 2.75) is 5.92 Å². The molecule has 1 aliphatic carbocycles. The molecule has 0 saturated carbocycles. The molecule has 2 unspecified atom stereocenters. The van der Waals surface area contributed by atoms with E-state index in [9.17, 15) is 15.2 Å². The van der Waals surface area contributed by atoms with Crippen molar-refractivity contribution in [1.29, 1.82) is 5.26 Å². The first-order chi connectivity index (χ1) is 8.20. The minimum absolute atomic E-state index is 0.448. The van der Waals surface area contributed by atoms with Gasteiger partial charge >= 0.3 is 5.97 Å². The Balaban J connectivity index is 2.53. The summed E-state index contributed by atoms with van der Waals surface area (Å²) in [6, 6.07) is 11.1. The molecule has 0 bridgehead atoms. The molecule has 1 aromatic carbocycles. The van der Waals surface area contributed by atoms with Crippen molar-refractivity contribution in [2.24, 2.45) is 5.41 Å². The van der Waals surface area contributed by atoms with Crippen LogP contribution in [0.25, 0.3) is 0 Å². The van der Waals surface area contributed by atoms with Crippen molar-refractivity contribution < 1.29 is 9.90 Å². The fourth-order valence-electron chi connectivity index (χ4n) is 2.03. The quantitative estimate of drug-likeness (QED) is 0.841. The maximum atomic E-state index is 11.4. The molecule has 1 aromatic rings. The number of carbonyl (C=O) groups is 1. The predicted octanol–water partition coefficient (Wildman–Crippen LogP) is 2.49. The number of carboxylic acid groups (broad SMARTS) is 1. The van der Waals surface area contributed by atoms with Gasteiger partial charge in [-0.1, -0.05) is 54.6 Å². The molecule has 3 heteroatoms. The first-order valence-corrected chi connectivity index (χ1v) is 5.26. The highest BCUT2D eigenvalue weighted by Gasteiger charge is 2.44. The van der Waals surface area contributed by atoms with Gasteiger partial charge in [-0.15, -0.1) is 0 Å². The van der Waals surface area contributed by atoms with Gasteiger partial charge in [-0.05, 0) is 5.56 Å². The molecule has 0 radical (unpaired) electrons. The van der Waals surface area contributed by atoms with Gasteiger partial charge in [0, 0.05) is 5.92 Å². The van der Waals surface area contributed by atoms with Crippen LogP contribution in [0.2, 0.25) is 0 Å². The first-order valence-electron chi connectivity index (χ1n) is 5.26. The average Bonchev–Trinajstić information content (AvgIpc) is 2.39. The number of hydrogen-bond acceptors (Lipinski definition) is 2. The van der Waals surface area contributed by atoms with Crippen LogP contribution < -0.4 is 0 Å². The molecule has 0 fully saturated rings. The summed E-state index contributed by atoms with van der Waals surface area (Å²) < 4.78 is 0. The van der Waals surface area contributed by atoms with Crippen molar-refractivity contribution in [2.75, 3.05) is 0 Å². The maximum absolute atomic E-state index is 11.4. The van der Waals surface area contributed by atoms with Crippen LogP contribution in [0, 0.1) is 16.7 Å². The van der Waals surface area contributed by atoms with Crippen molar-refractivity contribution >= 4 is 5.97 Å². The predicted molar refractivity (Wildman–Crippen MR) is 63.1 cm³/mol. The lowest BCUT2D eigenvalue weighted by Crippen LogP contribution is -2.34. The Labute approximate surface area is 99.3 Å². The summed E-state index contributed by atoms with van der Waals surface area (Å²) in [6.45, 7) is 0. The van der Waals surface area contributed by atoms with E-state index in [1.54, 1.807) is 18.2 Å². The van der Waals surface area contributed by atoms with E-state index in [0.717, 1.165) is 5.56 Å². The second-order valence-electron chi connectivity index (χ2n) is 3.92. The molecule has 0 aliphatic heterocycles. The Kier molecular flexibility index (Phi) is 2.80. The summed E-state index contributed by atoms with van der Waals surface area (Å²) >= 11 is 0. The van der Waals surface area contributed by atoms with E-state index in [2.05, 4.69) is 0 Å². The highest BCUT2D eigenvalue weighted by molar-refractivity contribution is 5.83. The number of hydrogen-bond donors (Lipinski definition) is 1. The topological polar surface area (TPSA) is 61.1 Å². The Morgan fingerprint density at radius 2 is 2.00 bits per heavy atom. The summed E-state index contributed by atoms with van der Waals surface area (Å²) in [6.07, 6.45) is 6.59. The van der Waals surface area contributed by atoms with Crippen molar-refractivity contribution in [3.8, 4) is 6.07 Å². The average molecular weight is 225 g/mol. The van der Waals surface area contributed by atoms with Gasteiger partial charge in [0.1, 0.15) is 0 Å². The molecule has 0 heterocycles. The molecule has 84 valence electrons. The summed E-state index contributed by atoms with van der Waals surface area (Å²) in [4.78, 5) is 11.4. The van der Waals surface area contributed by atoms with Gasteiger partial charge in [0.2, 0.25) is 0 Å². The fourth-order valence-corrected chi connectivity index (χ4v) is 2.03. The number of carboxylic acids is 1. The number of allylic oxidation sites excluding steroid dienone is 3. The molecule has 0 spiro atoms. The third-order valence-corrected chi connectivity index (χ3v) is 2.96. The van der Waals surface area contributed by atoms with Crippen LogP contribution in [0.4, 0.5) is 0 Å². The van der Waals surface area contributed by atoms with Crippen molar-refractivity contribution in [1.82, 2.24) is 0 Å². The van der Waals surface area contributed by atoms with Crippen LogP contribution in [0.15, 0.2) is 54.6 Å². The lowest BCUT2D eigenvalue weighted by molar-refractivity contribution is -0.143. The summed E-state index contributed by atoms with van der Waals surface area (Å²) in [5.41, 5.74) is -0.673. The maximum Gasteiger partial charge on any atom is 0.329 e. The third kappa shape index (κ3) is 1.74. The number of nitriles is 1. The Morgan fingerprint density at radius 1 is 1.29 bits per heavy atom. The number of nitrogens with zero attached hydrogens (tertiary/aromatic N) is 1. The van der Waals surface area contributed by atoms with Gasteiger partial charge in [-0.2, -0.15) is 5.26 Å². The number of rotatable bonds is 2. The Hall–Kier alpha value is -2.34. The van der Waals surface area contributed by atoms with Crippen LogP contribution in [0.3, 0.4) is 0 Å². The zero-order chi connectivity index (χ0) is 12.3. The smallest absolute Gasteiger partial charge is 0.329 e. The van der Waals surface area contributed by atoms with E-state index in [0.29, 0.717) is 0 Å². The molecule has 0 aromatic heterocycles. The zero-order valence-electron chi connectivity index (χ0n) is 9.08. The van der Waals surface area contributed by atoms with Gasteiger partial charge in [0.25, 0.3) is 0 Å². The monoisotopic (exact) mass is 225 g/mol. The summed E-state index contributed by atoms with van der Waals surface area (Å²) in [7, 11) is 0. The van der Waals surface area contributed by atoms with Crippen molar-refractivity contribution in [3.63, 3.8) is 0 Å². The lowest BCUT2D eigenvalue weighted by Gasteiger charge is -2.28. The van der Waals surface area contributed by atoms with Gasteiger partial charge in [0.15, 0.2) is 5.41 Å². The number of benzene rings is 1. The molecular formula is C14H11NO2. The van der Waals surface area contributed by atoms with E-state index in [1.165, 1.54) is 6.08 Å². The fraction of sp³-hybridized carbons (Fsp3) is 0.143. The summed E-state index contributed by atoms with van der Waals surface area (Å²) in [5, 5.41) is 18.5. The molecule has 0 saturated heterocycles. The van der Waals surface area contributed by atoms with E-state index >= 15 is 0 Å². The molecular weight excluding hydrogens is 214 g/mol. The van der Waals surface area contributed by atoms with E-state index in [1.807, 2.05) is 36.4 Å². The highest BCUT2D eigenvalue weighted by atomic mass is 16.4. The minimum atomic E-state index is -1.50. The van der Waals surface area contributed by atoms with E-state index in [-0.39, 0.29) is 0 Å². The minimum Gasteiger partial charge on any atom is -0.480 e. The second kappa shape index (κ2) is 4.26. The third-order valence-electron chi connectivity index (χ3n) is 2.96.